The van der Waals surface area contributed by atoms with E-state index in [9.17, 15) is 4.79 Å². The Morgan fingerprint density at radius 2 is 2.13 bits per heavy atom. The number of thioether (sulfide) groups is 1. The Kier molecular flexibility index (Phi) is 4.41. The number of hydrogen-bond acceptors (Lipinski definition) is 8. The van der Waals surface area contributed by atoms with Gasteiger partial charge in [-0.2, -0.15) is 4.98 Å². The van der Waals surface area contributed by atoms with Crippen LogP contribution in [-0.4, -0.2) is 32.3 Å². The van der Waals surface area contributed by atoms with Crippen molar-refractivity contribution in [1.82, 2.24) is 20.3 Å². The molecule has 9 heteroatoms. The van der Waals surface area contributed by atoms with Gasteiger partial charge < -0.3 is 4.52 Å². The summed E-state index contributed by atoms with van der Waals surface area (Å²) in [7, 11) is 0. The van der Waals surface area contributed by atoms with Crippen LogP contribution >= 0.6 is 23.1 Å². The van der Waals surface area contributed by atoms with Crippen LogP contribution in [0, 0.1) is 0 Å². The third kappa shape index (κ3) is 3.89. The van der Waals surface area contributed by atoms with E-state index in [-0.39, 0.29) is 11.3 Å². The van der Waals surface area contributed by atoms with Crippen LogP contribution in [0.15, 0.2) is 8.86 Å². The molecule has 0 spiro atoms. The van der Waals surface area contributed by atoms with Gasteiger partial charge in [0.2, 0.25) is 16.9 Å². The Morgan fingerprint density at radius 3 is 2.70 bits per heavy atom. The zero-order chi connectivity index (χ0) is 16.6. The van der Waals surface area contributed by atoms with Crippen molar-refractivity contribution in [3.63, 3.8) is 0 Å². The van der Waals surface area contributed by atoms with Gasteiger partial charge in [-0.1, -0.05) is 49.0 Å². The van der Waals surface area contributed by atoms with Gasteiger partial charge in [-0.05, 0) is 12.8 Å². The predicted octanol–water partition coefficient (Wildman–Crippen LogP) is 3.03. The average Bonchev–Trinajstić information content (AvgIpc) is 2.99. The lowest BCUT2D eigenvalue weighted by Gasteiger charge is -2.15. The molecule has 3 rings (SSSR count). The minimum atomic E-state index is -0.130. The number of hydrogen-bond donors (Lipinski definition) is 0. The summed E-state index contributed by atoms with van der Waals surface area (Å²) in [6.07, 6.45) is 2.08. The normalized spacial score (nSPS) is 15.0. The Bertz CT molecular complexity index is 702. The molecule has 1 amide bonds. The molecule has 0 radical (unpaired) electrons. The summed E-state index contributed by atoms with van der Waals surface area (Å²) in [5.41, 5.74) is -0.130. The first-order valence-electron chi connectivity index (χ1n) is 7.44. The predicted molar refractivity (Wildman–Crippen MR) is 88.7 cm³/mol. The van der Waals surface area contributed by atoms with Crippen LogP contribution in [0.3, 0.4) is 0 Å². The van der Waals surface area contributed by atoms with E-state index in [1.165, 1.54) is 23.1 Å². The fraction of sp³-hybridized carbons (Fsp3) is 0.643. The highest BCUT2D eigenvalue weighted by atomic mass is 32.2. The molecule has 0 saturated heterocycles. The van der Waals surface area contributed by atoms with Crippen LogP contribution in [-0.2, 0) is 16.0 Å². The maximum atomic E-state index is 11.7. The van der Waals surface area contributed by atoms with Gasteiger partial charge in [-0.3, -0.25) is 9.69 Å². The van der Waals surface area contributed by atoms with Crippen LogP contribution in [0.1, 0.15) is 52.3 Å². The zero-order valence-electron chi connectivity index (χ0n) is 13.6. The quantitative estimate of drug-likeness (QED) is 0.603. The first-order chi connectivity index (χ1) is 10.8. The smallest absolute Gasteiger partial charge is 0.237 e. The maximum Gasteiger partial charge on any atom is 0.237 e. The van der Waals surface area contributed by atoms with Crippen molar-refractivity contribution in [1.29, 1.82) is 0 Å². The highest BCUT2D eigenvalue weighted by molar-refractivity contribution is 8.00. The first-order valence-corrected chi connectivity index (χ1v) is 9.24. The second kappa shape index (κ2) is 6.20. The first kappa shape index (κ1) is 16.4. The van der Waals surface area contributed by atoms with Crippen LogP contribution in [0.2, 0.25) is 0 Å². The van der Waals surface area contributed by atoms with E-state index in [4.69, 9.17) is 4.52 Å². The molecular weight excluding hydrogens is 334 g/mol. The fourth-order valence-corrected chi connectivity index (χ4v) is 3.77. The molecule has 2 aromatic heterocycles. The molecule has 0 unspecified atom stereocenters. The summed E-state index contributed by atoms with van der Waals surface area (Å²) in [5.74, 6) is 1.83. The van der Waals surface area contributed by atoms with Crippen molar-refractivity contribution >= 4 is 34.1 Å². The van der Waals surface area contributed by atoms with Crippen molar-refractivity contribution in [2.24, 2.45) is 0 Å². The van der Waals surface area contributed by atoms with Crippen LogP contribution in [0.25, 0.3) is 0 Å². The lowest BCUT2D eigenvalue weighted by atomic mass is 9.96. The van der Waals surface area contributed by atoms with Crippen molar-refractivity contribution in [3.8, 4) is 0 Å². The molecule has 23 heavy (non-hydrogen) atoms. The van der Waals surface area contributed by atoms with E-state index in [1.807, 2.05) is 20.8 Å². The van der Waals surface area contributed by atoms with Gasteiger partial charge in [0.15, 0.2) is 10.2 Å². The molecule has 2 aromatic rings. The van der Waals surface area contributed by atoms with E-state index in [0.29, 0.717) is 28.6 Å². The van der Waals surface area contributed by atoms with Crippen LogP contribution < -0.4 is 4.90 Å². The summed E-state index contributed by atoms with van der Waals surface area (Å²) in [6.45, 7) is 7.69. The molecular formula is C14H19N5O2S2. The third-order valence-electron chi connectivity index (χ3n) is 3.31. The number of anilines is 1. The number of rotatable bonds is 5. The summed E-state index contributed by atoms with van der Waals surface area (Å²) >= 11 is 2.92. The van der Waals surface area contributed by atoms with E-state index >= 15 is 0 Å². The fourth-order valence-electron chi connectivity index (χ4n) is 1.98. The molecule has 1 aliphatic carbocycles. The lowest BCUT2D eigenvalue weighted by Crippen LogP contribution is -2.30. The number of amides is 1. The molecule has 1 aliphatic rings. The van der Waals surface area contributed by atoms with Crippen molar-refractivity contribution in [2.45, 2.75) is 62.1 Å². The highest BCUT2D eigenvalue weighted by Gasteiger charge is 2.34. The second-order valence-corrected chi connectivity index (χ2v) is 8.70. The molecule has 2 heterocycles. The molecule has 1 saturated carbocycles. The van der Waals surface area contributed by atoms with Gasteiger partial charge in [-0.15, -0.1) is 10.2 Å². The zero-order valence-corrected chi connectivity index (χ0v) is 15.2. The van der Waals surface area contributed by atoms with Crippen molar-refractivity contribution in [2.75, 3.05) is 4.90 Å². The molecule has 0 N–H and O–H groups in total. The third-order valence-corrected chi connectivity index (χ3v) is 5.35. The minimum absolute atomic E-state index is 0.0203. The number of nitrogens with zero attached hydrogens (tertiary/aromatic N) is 5. The van der Waals surface area contributed by atoms with E-state index in [2.05, 4.69) is 20.3 Å². The maximum absolute atomic E-state index is 11.7. The van der Waals surface area contributed by atoms with E-state index < -0.39 is 0 Å². The molecule has 0 bridgehead atoms. The Morgan fingerprint density at radius 1 is 1.39 bits per heavy atom. The summed E-state index contributed by atoms with van der Waals surface area (Å²) in [6, 6.07) is 0.295. The standard InChI is InChI=1S/C14H19N5O2S2/c1-8(20)19(9-5-6-9)12-16-17-13(23-12)22-7-10-15-11(18-21-10)14(2,3)4/h9H,5-7H2,1-4H3. The minimum Gasteiger partial charge on any atom is -0.338 e. The topological polar surface area (TPSA) is 85.0 Å². The Balaban J connectivity index is 1.63. The number of carbonyl (C=O) groups is 1. The lowest BCUT2D eigenvalue weighted by molar-refractivity contribution is -0.116. The Labute approximate surface area is 142 Å². The molecule has 0 atom stereocenters. The van der Waals surface area contributed by atoms with Gasteiger partial charge in [0, 0.05) is 18.4 Å². The largest absolute Gasteiger partial charge is 0.338 e. The second-order valence-electron chi connectivity index (χ2n) is 6.52. The van der Waals surface area contributed by atoms with Crippen LogP contribution in [0.5, 0.6) is 0 Å². The van der Waals surface area contributed by atoms with Gasteiger partial charge in [-0.25, -0.2) is 0 Å². The molecule has 1 fully saturated rings. The molecule has 0 aromatic carbocycles. The van der Waals surface area contributed by atoms with Crippen LogP contribution in [0.4, 0.5) is 5.13 Å². The van der Waals surface area contributed by atoms with Crippen molar-refractivity contribution in [3.05, 3.63) is 11.7 Å². The monoisotopic (exact) mass is 353 g/mol. The van der Waals surface area contributed by atoms with E-state index in [1.54, 1.807) is 11.8 Å². The molecule has 124 valence electrons. The summed E-state index contributed by atoms with van der Waals surface area (Å²) in [5, 5.41) is 13.0. The average molecular weight is 353 g/mol. The number of carbonyl (C=O) groups excluding carboxylic acids is 1. The Hall–Kier alpha value is -1.48. The number of aromatic nitrogens is 4. The van der Waals surface area contributed by atoms with E-state index in [0.717, 1.165) is 17.2 Å². The molecule has 7 nitrogen and oxygen atoms in total. The van der Waals surface area contributed by atoms with Gasteiger partial charge >= 0.3 is 0 Å². The summed E-state index contributed by atoms with van der Waals surface area (Å²) in [4.78, 5) is 17.9. The highest BCUT2D eigenvalue weighted by Crippen LogP contribution is 2.36. The SMILES string of the molecule is CC(=O)N(c1nnc(SCc2nc(C(C)(C)C)no2)s1)C1CC1. The van der Waals surface area contributed by atoms with Crippen molar-refractivity contribution < 1.29 is 9.32 Å². The van der Waals surface area contributed by atoms with Gasteiger partial charge in [0.25, 0.3) is 0 Å². The van der Waals surface area contributed by atoms with Gasteiger partial charge in [0.1, 0.15) is 0 Å². The van der Waals surface area contributed by atoms with Gasteiger partial charge in [0.05, 0.1) is 5.75 Å². The summed E-state index contributed by atoms with van der Waals surface area (Å²) < 4.78 is 6.06. The molecule has 0 aliphatic heterocycles.